The molecule has 1 spiro atoms. The molecule has 0 N–H and O–H groups in total. The lowest BCUT2D eigenvalue weighted by Crippen LogP contribution is -2.07. The summed E-state index contributed by atoms with van der Waals surface area (Å²) in [6.07, 6.45) is 5.11. The third-order valence-electron chi connectivity index (χ3n) is 8.05. The first kappa shape index (κ1) is 24.4. The highest BCUT2D eigenvalue weighted by atomic mass is 19.1. The van der Waals surface area contributed by atoms with Crippen molar-refractivity contribution >= 4 is 6.29 Å². The van der Waals surface area contributed by atoms with Gasteiger partial charge < -0.3 is 19.0 Å². The summed E-state index contributed by atoms with van der Waals surface area (Å²) in [5, 5.41) is 0. The van der Waals surface area contributed by atoms with Crippen molar-refractivity contribution in [1.29, 1.82) is 0 Å². The molecule has 1 fully saturated rings. The fourth-order valence-electron chi connectivity index (χ4n) is 5.83. The number of hydrogen-bond acceptors (Lipinski definition) is 4. The molecule has 3 aromatic carbocycles. The van der Waals surface area contributed by atoms with E-state index >= 15 is 0 Å². The summed E-state index contributed by atoms with van der Waals surface area (Å²) in [5.74, 6) is 2.20. The zero-order valence-corrected chi connectivity index (χ0v) is 21.2. The van der Waals surface area contributed by atoms with E-state index in [0.29, 0.717) is 41.8 Å². The first-order chi connectivity index (χ1) is 17.5. The number of carbonyl (C=O) groups excluding carboxylic acids is 1. The highest BCUT2D eigenvalue weighted by molar-refractivity contribution is 5.73. The maximum atomic E-state index is 14.7. The monoisotopic (exact) mass is 488 g/mol. The molecule has 0 aromatic heterocycles. The zero-order chi connectivity index (χ0) is 25.3. The minimum atomic E-state index is -0.324. The normalized spacial score (nSPS) is 21.8. The number of methoxy groups -OCH3 is 1. The van der Waals surface area contributed by atoms with E-state index in [-0.39, 0.29) is 17.2 Å². The Morgan fingerprint density at radius 3 is 2.61 bits per heavy atom. The van der Waals surface area contributed by atoms with Crippen LogP contribution in [-0.4, -0.2) is 20.0 Å². The fraction of sp³-hybridized carbons (Fsp3) is 0.387. The Hall–Kier alpha value is -3.34. The summed E-state index contributed by atoms with van der Waals surface area (Å²) >= 11 is 0. The van der Waals surface area contributed by atoms with Crippen LogP contribution in [0.5, 0.6) is 17.2 Å². The van der Waals surface area contributed by atoms with E-state index in [1.807, 2.05) is 24.3 Å². The molecule has 1 saturated carbocycles. The van der Waals surface area contributed by atoms with E-state index in [0.717, 1.165) is 43.3 Å². The third-order valence-corrected chi connectivity index (χ3v) is 8.05. The van der Waals surface area contributed by atoms with Crippen molar-refractivity contribution in [2.45, 2.75) is 51.6 Å². The Morgan fingerprint density at radius 1 is 1.03 bits per heavy atom. The van der Waals surface area contributed by atoms with Crippen LogP contribution in [-0.2, 0) is 23.2 Å². The van der Waals surface area contributed by atoms with Gasteiger partial charge in [0.15, 0.2) is 0 Å². The summed E-state index contributed by atoms with van der Waals surface area (Å²) in [7, 11) is 1.57. The summed E-state index contributed by atoms with van der Waals surface area (Å²) in [6.45, 7) is 5.21. The van der Waals surface area contributed by atoms with E-state index in [2.05, 4.69) is 26.0 Å². The van der Waals surface area contributed by atoms with Crippen LogP contribution in [0.25, 0.3) is 11.1 Å². The number of ether oxygens (including phenoxy) is 3. The van der Waals surface area contributed by atoms with Gasteiger partial charge in [-0.05, 0) is 78.3 Å². The van der Waals surface area contributed by atoms with Crippen molar-refractivity contribution in [3.8, 4) is 28.4 Å². The summed E-state index contributed by atoms with van der Waals surface area (Å²) < 4.78 is 32.3. The fourth-order valence-corrected chi connectivity index (χ4v) is 5.83. The van der Waals surface area contributed by atoms with Crippen LogP contribution in [0.15, 0.2) is 54.6 Å². The lowest BCUT2D eigenvalue weighted by molar-refractivity contribution is -0.109. The number of aldehydes is 1. The van der Waals surface area contributed by atoms with Crippen LogP contribution in [0.2, 0.25) is 0 Å². The number of hydrogen-bond donors (Lipinski definition) is 0. The largest absolute Gasteiger partial charge is 0.497 e. The quantitative estimate of drug-likeness (QED) is 0.230. The molecule has 3 unspecified atom stereocenters. The maximum Gasteiger partial charge on any atom is 0.131 e. The highest BCUT2D eigenvalue weighted by Gasteiger charge is 2.64. The van der Waals surface area contributed by atoms with Crippen LogP contribution >= 0.6 is 0 Å². The van der Waals surface area contributed by atoms with E-state index in [4.69, 9.17) is 14.2 Å². The van der Waals surface area contributed by atoms with Gasteiger partial charge in [0, 0.05) is 22.5 Å². The van der Waals surface area contributed by atoms with Gasteiger partial charge in [-0.2, -0.15) is 0 Å². The molecule has 0 aliphatic heterocycles. The van der Waals surface area contributed by atoms with Crippen molar-refractivity contribution in [3.05, 3.63) is 77.1 Å². The molecule has 3 atom stereocenters. The molecule has 36 heavy (non-hydrogen) atoms. The van der Waals surface area contributed by atoms with Gasteiger partial charge in [0.2, 0.25) is 0 Å². The Labute approximate surface area is 212 Å². The Kier molecular flexibility index (Phi) is 6.74. The number of benzene rings is 3. The van der Waals surface area contributed by atoms with Crippen molar-refractivity contribution in [2.24, 2.45) is 11.8 Å². The lowest BCUT2D eigenvalue weighted by atomic mass is 9.94. The molecule has 5 heteroatoms. The second-order valence-corrected chi connectivity index (χ2v) is 9.98. The van der Waals surface area contributed by atoms with E-state index in [1.165, 1.54) is 17.2 Å². The minimum Gasteiger partial charge on any atom is -0.497 e. The molecule has 4 nitrogen and oxygen atoms in total. The number of rotatable bonds is 10. The predicted octanol–water partition coefficient (Wildman–Crippen LogP) is 6.91. The van der Waals surface area contributed by atoms with Gasteiger partial charge in [-0.3, -0.25) is 0 Å². The minimum absolute atomic E-state index is 0.000791. The number of halogens is 1. The average Bonchev–Trinajstić information content (AvgIpc) is 3.29. The molecule has 0 heterocycles. The van der Waals surface area contributed by atoms with Crippen molar-refractivity contribution in [3.63, 3.8) is 0 Å². The number of unbranched alkanes of at least 4 members (excludes halogenated alkanes) is 1. The highest BCUT2D eigenvalue weighted by Crippen LogP contribution is 2.65. The molecule has 2 aliphatic rings. The van der Waals surface area contributed by atoms with E-state index in [9.17, 15) is 9.18 Å². The Bertz CT molecular complexity index is 1270. The average molecular weight is 489 g/mol. The van der Waals surface area contributed by atoms with E-state index < -0.39 is 0 Å². The molecule has 2 aliphatic carbocycles. The topological polar surface area (TPSA) is 44.8 Å². The molecular formula is C31H33FO4. The van der Waals surface area contributed by atoms with Gasteiger partial charge in [-0.1, -0.05) is 38.5 Å². The number of aryl methyl sites for hydroxylation is 1. The van der Waals surface area contributed by atoms with Crippen LogP contribution in [0, 0.1) is 17.7 Å². The summed E-state index contributed by atoms with van der Waals surface area (Å²) in [6, 6.07) is 16.8. The number of carbonyl (C=O) groups is 1. The van der Waals surface area contributed by atoms with Crippen LogP contribution in [0.4, 0.5) is 4.39 Å². The lowest BCUT2D eigenvalue weighted by Gasteiger charge is -2.16. The van der Waals surface area contributed by atoms with Gasteiger partial charge >= 0.3 is 0 Å². The van der Waals surface area contributed by atoms with Crippen LogP contribution in [0.3, 0.4) is 0 Å². The summed E-state index contributed by atoms with van der Waals surface area (Å²) in [4.78, 5) is 11.6. The van der Waals surface area contributed by atoms with Gasteiger partial charge in [0.05, 0.1) is 13.7 Å². The zero-order valence-electron chi connectivity index (χ0n) is 21.2. The third kappa shape index (κ3) is 4.25. The second-order valence-electron chi connectivity index (χ2n) is 9.98. The van der Waals surface area contributed by atoms with Gasteiger partial charge in [0.25, 0.3) is 0 Å². The molecule has 188 valence electrons. The molecule has 3 aromatic rings. The van der Waals surface area contributed by atoms with Crippen molar-refractivity contribution in [1.82, 2.24) is 0 Å². The number of fused-ring (bicyclic) bond motifs is 2. The molecule has 0 saturated heterocycles. The van der Waals surface area contributed by atoms with Crippen LogP contribution in [0.1, 0.15) is 49.8 Å². The van der Waals surface area contributed by atoms with Crippen molar-refractivity contribution < 1.29 is 23.4 Å². The Morgan fingerprint density at radius 2 is 1.86 bits per heavy atom. The van der Waals surface area contributed by atoms with Crippen LogP contribution < -0.4 is 14.2 Å². The van der Waals surface area contributed by atoms with E-state index in [1.54, 1.807) is 19.2 Å². The van der Waals surface area contributed by atoms with Gasteiger partial charge in [-0.25, -0.2) is 4.39 Å². The molecule has 0 radical (unpaired) electrons. The smallest absolute Gasteiger partial charge is 0.131 e. The van der Waals surface area contributed by atoms with Crippen molar-refractivity contribution in [2.75, 3.05) is 13.7 Å². The summed E-state index contributed by atoms with van der Waals surface area (Å²) in [5.41, 5.74) is 4.68. The van der Waals surface area contributed by atoms with Gasteiger partial charge in [-0.15, -0.1) is 0 Å². The maximum absolute atomic E-state index is 14.7. The SMILES string of the molecule is CCCCOc1cc(COc2ccc3c(c2)C2(CC3)C(C)C2C=O)ccc1-c1cc(OC)ccc1F. The first-order valence-corrected chi connectivity index (χ1v) is 12.8. The standard InChI is InChI=1S/C31H33FO4/c1-4-5-14-35-30-15-21(6-10-25(30)26-16-23(34-3)9-11-29(26)32)19-36-24-8-7-22-12-13-31(27(22)17-24)20(2)28(31)18-33/h6-11,15-18,20,28H,4-5,12-14,19H2,1-3H3. The molecule has 0 bridgehead atoms. The van der Waals surface area contributed by atoms with Gasteiger partial charge in [0.1, 0.15) is 36.0 Å². The second kappa shape index (κ2) is 9.96. The molecule has 0 amide bonds. The Balaban J connectivity index is 1.38. The predicted molar refractivity (Wildman–Crippen MR) is 138 cm³/mol. The molecule has 5 rings (SSSR count). The first-order valence-electron chi connectivity index (χ1n) is 12.8. The molecular weight excluding hydrogens is 455 g/mol.